The van der Waals surface area contributed by atoms with E-state index in [-0.39, 0.29) is 5.91 Å². The van der Waals surface area contributed by atoms with Crippen LogP contribution in [-0.2, 0) is 0 Å². The van der Waals surface area contributed by atoms with Crippen LogP contribution in [0.25, 0.3) is 22.4 Å². The maximum atomic E-state index is 12.3. The quantitative estimate of drug-likeness (QED) is 0.482. The Hall–Kier alpha value is -2.57. The molecule has 2 aromatic carbocycles. The van der Waals surface area contributed by atoms with Crippen molar-refractivity contribution in [2.45, 2.75) is 4.90 Å². The van der Waals surface area contributed by atoms with Crippen molar-refractivity contribution in [3.05, 3.63) is 65.5 Å². The topological polar surface area (TPSA) is 55.1 Å². The molecular formula is C19H14N2O2S2. The molecule has 25 heavy (non-hydrogen) atoms. The zero-order valence-electron chi connectivity index (χ0n) is 13.4. The normalized spacial score (nSPS) is 10.9. The van der Waals surface area contributed by atoms with E-state index in [9.17, 15) is 4.79 Å². The number of thiazole rings is 1. The van der Waals surface area contributed by atoms with Crippen molar-refractivity contribution in [2.24, 2.45) is 0 Å². The van der Waals surface area contributed by atoms with E-state index in [2.05, 4.69) is 10.3 Å². The molecular weight excluding hydrogens is 352 g/mol. The number of carbonyl (C=O) groups is 1. The van der Waals surface area contributed by atoms with Crippen molar-refractivity contribution in [1.29, 1.82) is 0 Å². The lowest BCUT2D eigenvalue weighted by Crippen LogP contribution is -2.11. The van der Waals surface area contributed by atoms with Gasteiger partial charge < -0.3 is 4.42 Å². The summed E-state index contributed by atoms with van der Waals surface area (Å²) in [5, 5.41) is 6.30. The zero-order valence-corrected chi connectivity index (χ0v) is 15.0. The second-order valence-corrected chi connectivity index (χ2v) is 7.11. The van der Waals surface area contributed by atoms with Gasteiger partial charge in [-0.15, -0.1) is 23.1 Å². The number of rotatable bonds is 4. The number of furan rings is 1. The summed E-state index contributed by atoms with van der Waals surface area (Å²) in [6, 6.07) is 17.3. The summed E-state index contributed by atoms with van der Waals surface area (Å²) >= 11 is 3.02. The van der Waals surface area contributed by atoms with Gasteiger partial charge in [-0.25, -0.2) is 4.98 Å². The number of aromatic nitrogens is 1. The Morgan fingerprint density at radius 1 is 1.16 bits per heavy atom. The van der Waals surface area contributed by atoms with Crippen LogP contribution < -0.4 is 5.32 Å². The highest BCUT2D eigenvalue weighted by molar-refractivity contribution is 7.98. The lowest BCUT2D eigenvalue weighted by molar-refractivity contribution is 0.102. The molecule has 124 valence electrons. The summed E-state index contributed by atoms with van der Waals surface area (Å²) in [5.74, 6) is 0.528. The van der Waals surface area contributed by atoms with Crippen molar-refractivity contribution in [3.8, 4) is 11.5 Å². The molecule has 0 saturated carbocycles. The number of fused-ring (bicyclic) bond motifs is 1. The molecule has 2 aromatic heterocycles. The fraction of sp³-hybridized carbons (Fsp3) is 0.0526. The van der Waals surface area contributed by atoms with E-state index in [1.165, 1.54) is 11.3 Å². The number of hydrogen-bond acceptors (Lipinski definition) is 5. The summed E-state index contributed by atoms with van der Waals surface area (Å²) in [6.45, 7) is 0. The van der Waals surface area contributed by atoms with E-state index in [0.717, 1.165) is 15.9 Å². The zero-order chi connectivity index (χ0) is 17.2. The van der Waals surface area contributed by atoms with Crippen LogP contribution in [-0.4, -0.2) is 17.1 Å². The Labute approximate surface area is 152 Å². The fourth-order valence-electron chi connectivity index (χ4n) is 2.46. The second-order valence-electron chi connectivity index (χ2n) is 5.37. The van der Waals surface area contributed by atoms with Crippen LogP contribution in [0.5, 0.6) is 0 Å². The highest BCUT2D eigenvalue weighted by atomic mass is 32.2. The lowest BCUT2D eigenvalue weighted by Gasteiger charge is -2.02. The number of hydrogen-bond donors (Lipinski definition) is 1. The van der Waals surface area contributed by atoms with Gasteiger partial charge in [0, 0.05) is 21.2 Å². The molecule has 4 aromatic rings. The van der Waals surface area contributed by atoms with E-state index in [1.54, 1.807) is 11.8 Å². The van der Waals surface area contributed by atoms with Gasteiger partial charge in [-0.05, 0) is 42.7 Å². The van der Waals surface area contributed by atoms with Gasteiger partial charge in [0.25, 0.3) is 5.91 Å². The molecule has 4 nitrogen and oxygen atoms in total. The van der Waals surface area contributed by atoms with Crippen LogP contribution >= 0.6 is 23.1 Å². The smallest absolute Gasteiger partial charge is 0.257 e. The molecule has 4 rings (SSSR count). The maximum absolute atomic E-state index is 12.3. The first-order chi connectivity index (χ1) is 12.2. The molecule has 1 N–H and O–H groups in total. The van der Waals surface area contributed by atoms with E-state index in [1.807, 2.05) is 66.2 Å². The van der Waals surface area contributed by atoms with Gasteiger partial charge in [-0.2, -0.15) is 0 Å². The van der Waals surface area contributed by atoms with Gasteiger partial charge in [-0.1, -0.05) is 18.2 Å². The predicted octanol–water partition coefficient (Wildman–Crippen LogP) is 5.53. The van der Waals surface area contributed by atoms with Gasteiger partial charge in [0.15, 0.2) is 10.9 Å². The van der Waals surface area contributed by atoms with Crippen LogP contribution in [0, 0.1) is 0 Å². The molecule has 0 spiro atoms. The molecule has 0 fully saturated rings. The van der Waals surface area contributed by atoms with Gasteiger partial charge in [-0.3, -0.25) is 10.1 Å². The maximum Gasteiger partial charge on any atom is 0.257 e. The van der Waals surface area contributed by atoms with Gasteiger partial charge >= 0.3 is 0 Å². The summed E-state index contributed by atoms with van der Waals surface area (Å²) in [7, 11) is 0. The number of amides is 1. The number of carbonyl (C=O) groups excluding carboxylic acids is 1. The Kier molecular flexibility index (Phi) is 4.29. The molecule has 1 amide bonds. The van der Waals surface area contributed by atoms with Gasteiger partial charge in [0.05, 0.1) is 0 Å². The monoisotopic (exact) mass is 366 g/mol. The molecule has 0 unspecified atom stereocenters. The largest absolute Gasteiger partial charge is 0.454 e. The first-order valence-electron chi connectivity index (χ1n) is 7.63. The number of thioether (sulfide) groups is 1. The van der Waals surface area contributed by atoms with Crippen molar-refractivity contribution in [2.75, 3.05) is 11.6 Å². The molecule has 0 atom stereocenters. The third kappa shape index (κ3) is 3.31. The Bertz CT molecular complexity index is 1000. The molecule has 2 heterocycles. The summed E-state index contributed by atoms with van der Waals surface area (Å²) in [5.41, 5.74) is 2.15. The SMILES string of the molecule is CSc1ccc(C(=O)Nc2nc(-c3cc4ccccc4o3)cs2)cc1. The van der Waals surface area contributed by atoms with E-state index < -0.39 is 0 Å². The van der Waals surface area contributed by atoms with Crippen molar-refractivity contribution in [3.63, 3.8) is 0 Å². The summed E-state index contributed by atoms with van der Waals surface area (Å²) in [6.07, 6.45) is 2.00. The van der Waals surface area contributed by atoms with E-state index >= 15 is 0 Å². The van der Waals surface area contributed by atoms with Crippen LogP contribution in [0.15, 0.2) is 69.3 Å². The standard InChI is InChI=1S/C19H14N2O2S2/c1-24-14-8-6-12(7-9-14)18(22)21-19-20-15(11-25-19)17-10-13-4-2-3-5-16(13)23-17/h2-11H,1H3,(H,20,21,22). The highest BCUT2D eigenvalue weighted by Crippen LogP contribution is 2.30. The minimum Gasteiger partial charge on any atom is -0.454 e. The molecule has 0 aliphatic heterocycles. The number of nitrogens with one attached hydrogen (secondary N) is 1. The Morgan fingerprint density at radius 2 is 1.96 bits per heavy atom. The molecule has 6 heteroatoms. The number of nitrogens with zero attached hydrogens (tertiary/aromatic N) is 1. The third-order valence-electron chi connectivity index (χ3n) is 3.75. The number of para-hydroxylation sites is 1. The van der Waals surface area contributed by atoms with Crippen LogP contribution in [0.3, 0.4) is 0 Å². The highest BCUT2D eigenvalue weighted by Gasteiger charge is 2.12. The van der Waals surface area contributed by atoms with Gasteiger partial charge in [0.1, 0.15) is 11.3 Å². The number of benzene rings is 2. The first-order valence-corrected chi connectivity index (χ1v) is 9.73. The predicted molar refractivity (Wildman–Crippen MR) is 103 cm³/mol. The molecule has 0 bridgehead atoms. The first kappa shape index (κ1) is 15.9. The molecule has 0 aliphatic carbocycles. The van der Waals surface area contributed by atoms with Crippen molar-refractivity contribution in [1.82, 2.24) is 4.98 Å². The summed E-state index contributed by atoms with van der Waals surface area (Å²) < 4.78 is 5.81. The Balaban J connectivity index is 1.53. The fourth-order valence-corrected chi connectivity index (χ4v) is 3.57. The third-order valence-corrected chi connectivity index (χ3v) is 5.26. The lowest BCUT2D eigenvalue weighted by atomic mass is 10.2. The van der Waals surface area contributed by atoms with Crippen LogP contribution in [0.2, 0.25) is 0 Å². The van der Waals surface area contributed by atoms with Gasteiger partial charge in [0.2, 0.25) is 0 Å². The average molecular weight is 366 g/mol. The molecule has 0 saturated heterocycles. The molecule has 0 radical (unpaired) electrons. The van der Waals surface area contributed by atoms with Crippen molar-refractivity contribution >= 4 is 45.1 Å². The minimum atomic E-state index is -0.168. The number of anilines is 1. The molecule has 0 aliphatic rings. The average Bonchev–Trinajstić information content (AvgIpc) is 3.28. The van der Waals surface area contributed by atoms with E-state index in [4.69, 9.17) is 4.42 Å². The Morgan fingerprint density at radius 3 is 2.72 bits per heavy atom. The second kappa shape index (κ2) is 6.74. The van der Waals surface area contributed by atoms with E-state index in [0.29, 0.717) is 22.1 Å². The van der Waals surface area contributed by atoms with Crippen molar-refractivity contribution < 1.29 is 9.21 Å². The summed E-state index contributed by atoms with van der Waals surface area (Å²) in [4.78, 5) is 17.9. The minimum absolute atomic E-state index is 0.168. The van der Waals surface area contributed by atoms with Crippen LogP contribution in [0.1, 0.15) is 10.4 Å². The van der Waals surface area contributed by atoms with Crippen LogP contribution in [0.4, 0.5) is 5.13 Å².